The fourth-order valence-electron chi connectivity index (χ4n) is 3.21. The number of benzene rings is 1. The topological polar surface area (TPSA) is 75.7 Å². The van der Waals surface area contributed by atoms with Crippen LogP contribution in [0.1, 0.15) is 25.3 Å². The summed E-state index contributed by atoms with van der Waals surface area (Å²) >= 11 is 7.29. The van der Waals surface area contributed by atoms with Crippen molar-refractivity contribution in [2.45, 2.75) is 36.9 Å². The van der Waals surface area contributed by atoms with Crippen LogP contribution in [-0.2, 0) is 25.3 Å². The van der Waals surface area contributed by atoms with Crippen LogP contribution in [0.3, 0.4) is 0 Å². The van der Waals surface area contributed by atoms with Crippen molar-refractivity contribution in [1.29, 1.82) is 0 Å². The van der Waals surface area contributed by atoms with E-state index in [1.54, 1.807) is 0 Å². The molecule has 2 fully saturated rings. The molecule has 2 saturated heterocycles. The van der Waals surface area contributed by atoms with Crippen molar-refractivity contribution in [1.82, 2.24) is 4.90 Å². The first kappa shape index (κ1) is 20.8. The van der Waals surface area contributed by atoms with Gasteiger partial charge in [-0.15, -0.1) is 11.8 Å². The number of hydrogen-bond donors (Lipinski definition) is 1. The zero-order chi connectivity index (χ0) is 20.7. The van der Waals surface area contributed by atoms with Gasteiger partial charge in [0.15, 0.2) is 6.61 Å². The lowest BCUT2D eigenvalue weighted by Gasteiger charge is -2.29. The molecule has 3 rings (SSSR count). The smallest absolute Gasteiger partial charge is 0.416 e. The van der Waals surface area contributed by atoms with Crippen molar-refractivity contribution in [3.05, 3.63) is 28.8 Å². The minimum absolute atomic E-state index is 0.0849. The zero-order valence-corrected chi connectivity index (χ0v) is 16.2. The highest BCUT2D eigenvalue weighted by Crippen LogP contribution is 2.47. The summed E-state index contributed by atoms with van der Waals surface area (Å²) in [6.45, 7) is 1.17. The molecule has 0 saturated carbocycles. The van der Waals surface area contributed by atoms with Crippen molar-refractivity contribution >= 4 is 46.8 Å². The van der Waals surface area contributed by atoms with Crippen molar-refractivity contribution in [3.63, 3.8) is 0 Å². The molecule has 2 unspecified atom stereocenters. The Morgan fingerprint density at radius 1 is 1.43 bits per heavy atom. The Balaban J connectivity index is 1.59. The molecule has 0 spiro atoms. The Labute approximate surface area is 167 Å². The van der Waals surface area contributed by atoms with E-state index in [0.29, 0.717) is 24.7 Å². The van der Waals surface area contributed by atoms with Crippen LogP contribution in [0.15, 0.2) is 18.2 Å². The highest BCUT2D eigenvalue weighted by atomic mass is 35.5. The fourth-order valence-corrected chi connectivity index (χ4v) is 4.79. The number of anilines is 1. The third kappa shape index (κ3) is 4.07. The van der Waals surface area contributed by atoms with Crippen LogP contribution >= 0.6 is 23.4 Å². The number of thioether (sulfide) groups is 1. The highest BCUT2D eigenvalue weighted by Gasteiger charge is 2.53. The molecule has 11 heteroatoms. The zero-order valence-electron chi connectivity index (χ0n) is 14.6. The van der Waals surface area contributed by atoms with Crippen LogP contribution in [0.2, 0.25) is 5.02 Å². The molecular formula is C17H16ClF3N2O4S. The summed E-state index contributed by atoms with van der Waals surface area (Å²) < 4.78 is 43.3. The van der Waals surface area contributed by atoms with Gasteiger partial charge in [0.2, 0.25) is 5.91 Å². The van der Waals surface area contributed by atoms with Gasteiger partial charge < -0.3 is 15.0 Å². The van der Waals surface area contributed by atoms with E-state index < -0.39 is 41.1 Å². The standard InChI is InChI=1S/C17H16ClF3N2O4S/c1-16-5-4-14(25)23(16)12(8-28-16)15(26)27-7-13(24)22-11-6-9(17(19,20)21)2-3-10(11)18/h2-3,6,12H,4-5,7-8H2,1H3,(H,22,24). The van der Waals surface area contributed by atoms with Crippen molar-refractivity contribution in [2.75, 3.05) is 17.7 Å². The van der Waals surface area contributed by atoms with E-state index in [4.69, 9.17) is 16.3 Å². The van der Waals surface area contributed by atoms with Gasteiger partial charge in [-0.1, -0.05) is 11.6 Å². The average Bonchev–Trinajstić information content (AvgIpc) is 3.10. The number of carbonyl (C=O) groups is 3. The number of alkyl halides is 3. The molecule has 2 aliphatic rings. The predicted octanol–water partition coefficient (Wildman–Crippen LogP) is 3.29. The number of esters is 1. The van der Waals surface area contributed by atoms with Crippen LogP contribution < -0.4 is 5.32 Å². The van der Waals surface area contributed by atoms with Gasteiger partial charge in [0.05, 0.1) is 21.1 Å². The van der Waals surface area contributed by atoms with Gasteiger partial charge in [-0.3, -0.25) is 9.59 Å². The van der Waals surface area contributed by atoms with Crippen LogP contribution in [0, 0.1) is 0 Å². The first-order valence-corrected chi connectivity index (χ1v) is 9.67. The maximum absolute atomic E-state index is 12.8. The molecule has 2 amide bonds. The number of amides is 2. The van der Waals surface area contributed by atoms with Crippen molar-refractivity contribution in [3.8, 4) is 0 Å². The molecule has 0 bridgehead atoms. The highest BCUT2D eigenvalue weighted by molar-refractivity contribution is 8.01. The Morgan fingerprint density at radius 3 is 2.82 bits per heavy atom. The van der Waals surface area contributed by atoms with E-state index in [0.717, 1.165) is 12.1 Å². The van der Waals surface area contributed by atoms with Crippen molar-refractivity contribution in [2.24, 2.45) is 0 Å². The second kappa shape index (κ2) is 7.47. The monoisotopic (exact) mass is 436 g/mol. The van der Waals surface area contributed by atoms with Crippen molar-refractivity contribution < 1.29 is 32.3 Å². The summed E-state index contributed by atoms with van der Waals surface area (Å²) in [4.78, 5) is 37.3. The Bertz CT molecular complexity index is 835. The van der Waals surface area contributed by atoms with Crippen LogP contribution in [0.4, 0.5) is 18.9 Å². The van der Waals surface area contributed by atoms with E-state index in [1.165, 1.54) is 16.7 Å². The number of halogens is 4. The molecule has 152 valence electrons. The lowest BCUT2D eigenvalue weighted by molar-refractivity contribution is -0.155. The summed E-state index contributed by atoms with van der Waals surface area (Å²) in [6.07, 6.45) is -3.61. The van der Waals surface area contributed by atoms with Gasteiger partial charge in [-0.05, 0) is 31.5 Å². The minimum atomic E-state index is -4.59. The first-order valence-electron chi connectivity index (χ1n) is 8.30. The molecule has 2 atom stereocenters. The minimum Gasteiger partial charge on any atom is -0.454 e. The quantitative estimate of drug-likeness (QED) is 0.733. The number of hydrogen-bond acceptors (Lipinski definition) is 5. The van der Waals surface area contributed by atoms with Gasteiger partial charge in [0.25, 0.3) is 5.91 Å². The van der Waals surface area contributed by atoms with Crippen LogP contribution in [0.5, 0.6) is 0 Å². The van der Waals surface area contributed by atoms with E-state index in [9.17, 15) is 27.6 Å². The van der Waals surface area contributed by atoms with Gasteiger partial charge in [0, 0.05) is 12.2 Å². The molecule has 6 nitrogen and oxygen atoms in total. The second-order valence-electron chi connectivity index (χ2n) is 6.61. The molecule has 0 aliphatic carbocycles. The third-order valence-electron chi connectivity index (χ3n) is 4.63. The molecule has 0 aromatic heterocycles. The molecular weight excluding hydrogens is 421 g/mol. The van der Waals surface area contributed by atoms with Crippen LogP contribution in [0.25, 0.3) is 0 Å². The molecule has 0 radical (unpaired) electrons. The predicted molar refractivity (Wildman–Crippen MR) is 96.8 cm³/mol. The summed E-state index contributed by atoms with van der Waals surface area (Å²) in [5, 5.41) is 2.11. The fraction of sp³-hybridized carbons (Fsp3) is 0.471. The lowest BCUT2D eigenvalue weighted by Crippen LogP contribution is -2.47. The number of rotatable bonds is 4. The van der Waals surface area contributed by atoms with Gasteiger partial charge in [0.1, 0.15) is 6.04 Å². The maximum atomic E-state index is 12.8. The SMILES string of the molecule is CC12CCC(=O)N1C(C(=O)OCC(=O)Nc1cc(C(F)(F)F)ccc1Cl)CS2. The molecule has 1 aromatic carbocycles. The molecule has 2 aliphatic heterocycles. The average molecular weight is 437 g/mol. The maximum Gasteiger partial charge on any atom is 0.416 e. The number of fused-ring (bicyclic) bond motifs is 1. The summed E-state index contributed by atoms with van der Waals surface area (Å²) in [6, 6.07) is 1.72. The molecule has 1 N–H and O–H groups in total. The van der Waals surface area contributed by atoms with Crippen LogP contribution in [-0.4, -0.2) is 46.0 Å². The first-order chi connectivity index (χ1) is 13.0. The second-order valence-corrected chi connectivity index (χ2v) is 8.52. The summed E-state index contributed by atoms with van der Waals surface area (Å²) in [7, 11) is 0. The Kier molecular flexibility index (Phi) is 5.55. The number of ether oxygens (including phenoxy) is 1. The number of carbonyl (C=O) groups excluding carboxylic acids is 3. The third-order valence-corrected chi connectivity index (χ3v) is 6.46. The number of nitrogens with zero attached hydrogens (tertiary/aromatic N) is 1. The summed E-state index contributed by atoms with van der Waals surface area (Å²) in [5.74, 6) is -1.34. The normalized spacial score (nSPS) is 24.2. The largest absolute Gasteiger partial charge is 0.454 e. The van der Waals surface area contributed by atoms with Gasteiger partial charge in [-0.2, -0.15) is 13.2 Å². The Hall–Kier alpha value is -1.94. The van der Waals surface area contributed by atoms with E-state index in [1.807, 2.05) is 6.92 Å². The molecule has 28 heavy (non-hydrogen) atoms. The lowest BCUT2D eigenvalue weighted by atomic mass is 10.2. The van der Waals surface area contributed by atoms with E-state index in [-0.39, 0.29) is 16.6 Å². The van der Waals surface area contributed by atoms with E-state index in [2.05, 4.69) is 5.32 Å². The molecule has 1 aromatic rings. The number of nitrogens with one attached hydrogen (secondary N) is 1. The van der Waals surface area contributed by atoms with Gasteiger partial charge in [-0.25, -0.2) is 4.79 Å². The van der Waals surface area contributed by atoms with Gasteiger partial charge >= 0.3 is 12.1 Å². The summed E-state index contributed by atoms with van der Waals surface area (Å²) in [5.41, 5.74) is -1.21. The molecule has 2 heterocycles. The van der Waals surface area contributed by atoms with E-state index >= 15 is 0 Å². The Morgan fingerprint density at radius 2 is 2.14 bits per heavy atom.